The smallest absolute Gasteiger partial charge is 0.264 e. The Morgan fingerprint density at radius 2 is 1.76 bits per heavy atom. The van der Waals surface area contributed by atoms with Crippen molar-refractivity contribution in [3.05, 3.63) is 87.2 Å². The van der Waals surface area contributed by atoms with Gasteiger partial charge in [0.15, 0.2) is 0 Å². The summed E-state index contributed by atoms with van der Waals surface area (Å²) in [5, 5.41) is 18.8. The van der Waals surface area contributed by atoms with Crippen LogP contribution in [0.5, 0.6) is 0 Å². The highest BCUT2D eigenvalue weighted by Gasteiger charge is 2.49. The molecule has 0 bridgehead atoms. The molecule has 5 atom stereocenters. The first-order valence-electron chi connectivity index (χ1n) is 12.4. The highest BCUT2D eigenvalue weighted by atomic mass is 35.5. The molecule has 0 saturated carbocycles. The minimum atomic E-state index is -1.18. The van der Waals surface area contributed by atoms with Gasteiger partial charge in [-0.25, -0.2) is 9.49 Å². The zero-order valence-electron chi connectivity index (χ0n) is 20.6. The van der Waals surface area contributed by atoms with Gasteiger partial charge in [-0.1, -0.05) is 37.6 Å². The van der Waals surface area contributed by atoms with E-state index in [0.29, 0.717) is 42.6 Å². The second kappa shape index (κ2) is 9.87. The molecule has 0 radical (unpaired) electrons. The lowest BCUT2D eigenvalue weighted by atomic mass is 9.70. The average Bonchev–Trinajstić information content (AvgIpc) is 3.33. The fourth-order valence-corrected chi connectivity index (χ4v) is 5.97. The number of carbonyl (C=O) groups excluding carboxylic acids is 1. The first-order chi connectivity index (χ1) is 17.7. The number of hydrogen-bond acceptors (Lipinski definition) is 6. The van der Waals surface area contributed by atoms with E-state index in [1.54, 1.807) is 30.5 Å². The van der Waals surface area contributed by atoms with Crippen molar-refractivity contribution in [2.24, 2.45) is 17.8 Å². The molecule has 2 saturated heterocycles. The Morgan fingerprint density at radius 3 is 2.35 bits per heavy atom. The summed E-state index contributed by atoms with van der Waals surface area (Å²) in [6.07, 6.45) is 1.58. The third kappa shape index (κ3) is 4.73. The van der Waals surface area contributed by atoms with E-state index >= 15 is 0 Å². The van der Waals surface area contributed by atoms with E-state index in [4.69, 9.17) is 11.6 Å². The quantitative estimate of drug-likeness (QED) is 0.542. The normalized spacial score (nSPS) is 27.9. The first kappa shape index (κ1) is 25.4. The van der Waals surface area contributed by atoms with E-state index in [1.165, 1.54) is 18.2 Å². The summed E-state index contributed by atoms with van der Waals surface area (Å²) in [7, 11) is 0. The Labute approximate surface area is 219 Å². The number of amides is 1. The maximum atomic E-state index is 14.0. The number of carbonyl (C=O) groups is 1. The number of hydrogen-bond donors (Lipinski definition) is 2. The molecule has 4 heterocycles. The van der Waals surface area contributed by atoms with E-state index in [9.17, 15) is 19.1 Å². The van der Waals surface area contributed by atoms with Crippen LogP contribution in [0.3, 0.4) is 0 Å². The lowest BCUT2D eigenvalue weighted by molar-refractivity contribution is -0.152. The van der Waals surface area contributed by atoms with Crippen molar-refractivity contribution in [2.75, 3.05) is 31.1 Å². The minimum absolute atomic E-state index is 0.0199. The number of piperidine rings is 1. The van der Waals surface area contributed by atoms with Gasteiger partial charge < -0.3 is 14.9 Å². The van der Waals surface area contributed by atoms with Crippen molar-refractivity contribution >= 4 is 23.3 Å². The van der Waals surface area contributed by atoms with Crippen LogP contribution in [-0.4, -0.2) is 57.3 Å². The summed E-state index contributed by atoms with van der Waals surface area (Å²) in [4.78, 5) is 33.8. The van der Waals surface area contributed by atoms with Crippen molar-refractivity contribution in [1.82, 2.24) is 20.1 Å². The molecule has 3 aromatic rings. The zero-order valence-corrected chi connectivity index (χ0v) is 21.4. The Morgan fingerprint density at radius 1 is 1.05 bits per heavy atom. The number of pyridine rings is 1. The van der Waals surface area contributed by atoms with Crippen LogP contribution in [0.15, 0.2) is 59.5 Å². The van der Waals surface area contributed by atoms with Crippen molar-refractivity contribution in [3.63, 3.8) is 0 Å². The molecule has 1 unspecified atom stereocenters. The van der Waals surface area contributed by atoms with Crippen molar-refractivity contribution in [3.8, 4) is 0 Å². The molecule has 2 aliphatic rings. The number of rotatable bonds is 4. The van der Waals surface area contributed by atoms with E-state index in [2.05, 4.69) is 15.2 Å². The van der Waals surface area contributed by atoms with Crippen LogP contribution in [0.4, 0.5) is 10.2 Å². The number of benzene rings is 1. The van der Waals surface area contributed by atoms with Crippen LogP contribution in [0.1, 0.15) is 31.0 Å². The number of aliphatic hydroxyl groups is 1. The number of aromatic nitrogens is 3. The van der Waals surface area contributed by atoms with Gasteiger partial charge >= 0.3 is 0 Å². The fraction of sp³-hybridized carbons (Fsp3) is 0.407. The molecular formula is C27H29ClFN5O3. The molecule has 8 nitrogen and oxygen atoms in total. The summed E-state index contributed by atoms with van der Waals surface area (Å²) in [5.41, 5.74) is -0.0594. The molecule has 0 spiro atoms. The molecule has 5 rings (SSSR count). The van der Waals surface area contributed by atoms with Gasteiger partial charge in [0.1, 0.15) is 11.6 Å². The molecule has 2 aromatic heterocycles. The van der Waals surface area contributed by atoms with Crippen LogP contribution >= 0.6 is 11.6 Å². The second-order valence-corrected chi connectivity index (χ2v) is 10.6. The first-order valence-corrected chi connectivity index (χ1v) is 12.7. The molecule has 37 heavy (non-hydrogen) atoms. The minimum Gasteiger partial charge on any atom is -0.384 e. The Kier molecular flexibility index (Phi) is 6.76. The van der Waals surface area contributed by atoms with Crippen molar-refractivity contribution in [2.45, 2.75) is 25.4 Å². The average molecular weight is 526 g/mol. The van der Waals surface area contributed by atoms with E-state index in [-0.39, 0.29) is 35.0 Å². The largest absolute Gasteiger partial charge is 0.384 e. The Bertz CT molecular complexity index is 1300. The van der Waals surface area contributed by atoms with Gasteiger partial charge in [0, 0.05) is 61.9 Å². The number of nitrogens with zero attached hydrogens (tertiary/aromatic N) is 4. The van der Waals surface area contributed by atoms with Crippen molar-refractivity contribution in [1.29, 1.82) is 0 Å². The van der Waals surface area contributed by atoms with Gasteiger partial charge in [-0.2, -0.15) is 5.10 Å². The predicted octanol–water partition coefficient (Wildman–Crippen LogP) is 3.18. The van der Waals surface area contributed by atoms with Gasteiger partial charge in [0.25, 0.3) is 5.56 Å². The van der Waals surface area contributed by atoms with Crippen LogP contribution in [0.2, 0.25) is 5.02 Å². The zero-order chi connectivity index (χ0) is 26.3. The number of nitrogens with one attached hydrogen (secondary N) is 1. The highest BCUT2D eigenvalue weighted by Crippen LogP contribution is 2.43. The number of aromatic amines is 1. The van der Waals surface area contributed by atoms with Gasteiger partial charge in [0.2, 0.25) is 5.91 Å². The molecule has 0 aliphatic carbocycles. The Hall–Kier alpha value is -3.30. The van der Waals surface area contributed by atoms with Gasteiger partial charge in [0.05, 0.1) is 16.5 Å². The maximum absolute atomic E-state index is 14.0. The number of halogens is 2. The Balaban J connectivity index is 1.41. The molecule has 2 N–H and O–H groups in total. The van der Waals surface area contributed by atoms with Gasteiger partial charge in [-0.3, -0.25) is 14.6 Å². The summed E-state index contributed by atoms with van der Waals surface area (Å²) < 4.78 is 13.5. The SMILES string of the molecule is C[C@@H]1CN(C(=O)[C@@H]2CN(c3ccc(=O)[nH]n3)C[C@H]2c2ccc(Cl)cn2)C[C@H](C)C1(O)c1ccc(F)cc1. The van der Waals surface area contributed by atoms with Crippen LogP contribution in [-0.2, 0) is 10.4 Å². The lowest BCUT2D eigenvalue weighted by Crippen LogP contribution is -2.57. The molecule has 194 valence electrons. The summed E-state index contributed by atoms with van der Waals surface area (Å²) in [6, 6.07) is 12.6. The maximum Gasteiger partial charge on any atom is 0.264 e. The monoisotopic (exact) mass is 525 g/mol. The van der Waals surface area contributed by atoms with Gasteiger partial charge in [-0.05, 0) is 35.9 Å². The molecular weight excluding hydrogens is 497 g/mol. The molecule has 2 aliphatic heterocycles. The number of likely N-dealkylation sites (tertiary alicyclic amines) is 1. The highest BCUT2D eigenvalue weighted by molar-refractivity contribution is 6.30. The van der Waals surface area contributed by atoms with Crippen LogP contribution in [0.25, 0.3) is 0 Å². The molecule has 1 aromatic carbocycles. The lowest BCUT2D eigenvalue weighted by Gasteiger charge is -2.48. The topological polar surface area (TPSA) is 102 Å². The van der Waals surface area contributed by atoms with E-state index in [1.807, 2.05) is 29.7 Å². The number of H-pyrrole nitrogens is 1. The summed E-state index contributed by atoms with van der Waals surface area (Å²) in [6.45, 7) is 5.48. The summed E-state index contributed by atoms with van der Waals surface area (Å²) in [5.74, 6) is -0.938. The van der Waals surface area contributed by atoms with Crippen LogP contribution < -0.4 is 10.5 Å². The van der Waals surface area contributed by atoms with E-state index in [0.717, 1.165) is 5.69 Å². The third-order valence-electron chi connectivity index (χ3n) is 7.87. The predicted molar refractivity (Wildman–Crippen MR) is 138 cm³/mol. The fourth-order valence-electron chi connectivity index (χ4n) is 5.86. The van der Waals surface area contributed by atoms with Crippen LogP contribution in [0, 0.1) is 23.6 Å². The summed E-state index contributed by atoms with van der Waals surface area (Å²) >= 11 is 6.06. The number of anilines is 1. The third-order valence-corrected chi connectivity index (χ3v) is 8.09. The molecule has 10 heteroatoms. The standard InChI is InChI=1S/C27H29ClFN5O3/c1-16-12-34(13-17(2)27(16,37)18-3-6-20(29)7-4-18)26(36)22-15-33(24-9-10-25(35)32-31-24)14-21(22)23-8-5-19(28)11-30-23/h3-11,16-17,21-22,37H,12-15H2,1-2H3,(H,32,35)/t16-,17+,21-,22-,27?/m1/s1. The van der Waals surface area contributed by atoms with E-state index < -0.39 is 11.5 Å². The molecule has 2 fully saturated rings. The van der Waals surface area contributed by atoms with Crippen molar-refractivity contribution < 1.29 is 14.3 Å². The molecule has 1 amide bonds. The second-order valence-electron chi connectivity index (χ2n) is 10.2. The van der Waals surface area contributed by atoms with Gasteiger partial charge in [-0.15, -0.1) is 0 Å².